The smallest absolute Gasteiger partial charge is 0.414 e. The van der Waals surface area contributed by atoms with Crippen molar-refractivity contribution in [3.63, 3.8) is 0 Å². The highest BCUT2D eigenvalue weighted by Gasteiger charge is 2.28. The molecule has 0 radical (unpaired) electrons. The lowest BCUT2D eigenvalue weighted by molar-refractivity contribution is -0.159. The van der Waals surface area contributed by atoms with E-state index in [1.807, 2.05) is 0 Å². The van der Waals surface area contributed by atoms with E-state index in [9.17, 15) is 0 Å². The Hall–Kier alpha value is -4.90. The number of hydrogen-bond donors (Lipinski definition) is 8. The van der Waals surface area contributed by atoms with Gasteiger partial charge in [-0.05, 0) is 35.1 Å². The number of nitrogens with zero attached hydrogens (tertiary/aromatic N) is 2. The van der Waals surface area contributed by atoms with Crippen LogP contribution in [0.4, 0.5) is 0 Å². The Morgan fingerprint density at radius 1 is 0.478 bits per heavy atom. The molecule has 0 bridgehead atoms. The predicted molar refractivity (Wildman–Crippen MR) is 160 cm³/mol. The molecule has 4 aliphatic heterocycles. The lowest BCUT2D eigenvalue weighted by Crippen LogP contribution is -2.57. The third kappa shape index (κ3) is 12.6. The van der Waals surface area contributed by atoms with Gasteiger partial charge in [0.05, 0.1) is 0 Å². The van der Waals surface area contributed by atoms with E-state index in [2.05, 4.69) is 69.0 Å². The van der Waals surface area contributed by atoms with E-state index in [-0.39, 0.29) is 0 Å². The summed E-state index contributed by atoms with van der Waals surface area (Å²) >= 11 is 0. The van der Waals surface area contributed by atoms with Crippen molar-refractivity contribution in [1.29, 1.82) is 0 Å². The Morgan fingerprint density at radius 3 is 0.957 bits per heavy atom. The normalized spacial score (nSPS) is 16.8. The highest BCUT2D eigenvalue weighted by Crippen LogP contribution is 2.22. The van der Waals surface area contributed by atoms with Crippen LogP contribution in [-0.4, -0.2) is 128 Å². The molecule has 8 N–H and O–H groups in total. The molecule has 0 aromatic heterocycles. The largest absolute Gasteiger partial charge is 0.473 e. The van der Waals surface area contributed by atoms with Crippen molar-refractivity contribution in [2.45, 2.75) is 38.0 Å². The topological polar surface area (TPSA) is 254 Å². The van der Waals surface area contributed by atoms with Gasteiger partial charge in [0.25, 0.3) is 0 Å². The third-order valence-electron chi connectivity index (χ3n) is 7.42. The minimum atomic E-state index is -1.82. The first kappa shape index (κ1) is 37.3. The van der Waals surface area contributed by atoms with Crippen LogP contribution >= 0.6 is 0 Å². The lowest BCUT2D eigenvalue weighted by Gasteiger charge is -2.40. The Labute approximate surface area is 263 Å². The number of carbonyl (C=O) groups is 6. The summed E-state index contributed by atoms with van der Waals surface area (Å²) in [4.78, 5) is 59.8. The van der Waals surface area contributed by atoms with Gasteiger partial charge >= 0.3 is 35.8 Å². The summed E-state index contributed by atoms with van der Waals surface area (Å²) < 4.78 is 0. The van der Waals surface area contributed by atoms with Crippen LogP contribution in [0.1, 0.15) is 22.3 Å². The minimum absolute atomic E-state index is 0.795. The molecule has 6 rings (SSSR count). The van der Waals surface area contributed by atoms with Gasteiger partial charge < -0.3 is 41.3 Å². The molecule has 2 aromatic carbocycles. The summed E-state index contributed by atoms with van der Waals surface area (Å²) in [7, 11) is 0. The van der Waals surface area contributed by atoms with Crippen LogP contribution in [-0.2, 0) is 54.7 Å². The molecule has 46 heavy (non-hydrogen) atoms. The molecule has 4 aliphatic rings. The van der Waals surface area contributed by atoms with Crippen molar-refractivity contribution in [2.24, 2.45) is 0 Å². The number of fused-ring (bicyclic) bond motifs is 2. The molecule has 0 aliphatic carbocycles. The van der Waals surface area contributed by atoms with E-state index in [1.54, 1.807) is 11.1 Å². The molecule has 0 unspecified atom stereocenters. The average molecular weight is 647 g/mol. The summed E-state index contributed by atoms with van der Waals surface area (Å²) in [6.45, 7) is 9.52. The van der Waals surface area contributed by atoms with Crippen molar-refractivity contribution in [3.05, 3.63) is 70.8 Å². The number of rotatable bonds is 2. The van der Waals surface area contributed by atoms with E-state index in [0.717, 1.165) is 25.2 Å². The summed E-state index contributed by atoms with van der Waals surface area (Å²) in [5, 5.41) is 51.0. The van der Waals surface area contributed by atoms with Gasteiger partial charge in [0, 0.05) is 64.4 Å². The van der Waals surface area contributed by atoms with Gasteiger partial charge in [-0.3, -0.25) is 9.80 Å². The van der Waals surface area contributed by atoms with Crippen molar-refractivity contribution in [3.8, 4) is 0 Å². The van der Waals surface area contributed by atoms with Gasteiger partial charge in [-0.1, -0.05) is 48.5 Å². The highest BCUT2D eigenvalue weighted by atomic mass is 16.5. The highest BCUT2D eigenvalue weighted by molar-refractivity contribution is 6.28. The van der Waals surface area contributed by atoms with Crippen LogP contribution in [0.15, 0.2) is 48.5 Å². The van der Waals surface area contributed by atoms with Crippen LogP contribution in [0.3, 0.4) is 0 Å². The number of aliphatic carboxylic acids is 6. The van der Waals surface area contributed by atoms with Crippen molar-refractivity contribution in [2.75, 3.05) is 39.3 Å². The maximum atomic E-state index is 9.10. The monoisotopic (exact) mass is 646 g/mol. The molecule has 4 heterocycles. The van der Waals surface area contributed by atoms with E-state index in [4.69, 9.17) is 59.4 Å². The first-order chi connectivity index (χ1) is 21.8. The molecular formula is C30H38N4O12. The third-order valence-corrected chi connectivity index (χ3v) is 7.42. The molecule has 0 atom stereocenters. The second-order valence-electron chi connectivity index (χ2n) is 10.4. The number of hydrogen-bond acceptors (Lipinski definition) is 10. The fraction of sp³-hybridized carbons (Fsp3) is 0.400. The van der Waals surface area contributed by atoms with Crippen LogP contribution in [0.2, 0.25) is 0 Å². The Kier molecular flexibility index (Phi) is 15.2. The van der Waals surface area contributed by atoms with Crippen LogP contribution < -0.4 is 10.6 Å². The summed E-state index contributed by atoms with van der Waals surface area (Å²) in [5.41, 5.74) is 6.17. The van der Waals surface area contributed by atoms with E-state index >= 15 is 0 Å². The van der Waals surface area contributed by atoms with Gasteiger partial charge in [-0.15, -0.1) is 0 Å². The molecule has 2 aromatic rings. The van der Waals surface area contributed by atoms with Gasteiger partial charge in [-0.2, -0.15) is 0 Å². The first-order valence-electron chi connectivity index (χ1n) is 14.2. The standard InChI is InChI=1S/2C12H16N2.3C2H2O4/c2*1-2-4-11-9-14(12-7-13-8-12)6-5-10(11)3-1;3*3-1(4)2(5)6/h2*1-4,12-13H,5-9H2;3*(H,3,4)(H,5,6). The number of nitrogens with one attached hydrogen (secondary N) is 2. The molecule has 16 heteroatoms. The molecule has 0 amide bonds. The fourth-order valence-electron chi connectivity index (χ4n) is 4.72. The van der Waals surface area contributed by atoms with E-state index in [1.165, 1.54) is 63.2 Å². The van der Waals surface area contributed by atoms with Gasteiger partial charge in [0.15, 0.2) is 0 Å². The molecular weight excluding hydrogens is 608 g/mol. The predicted octanol–water partition coefficient (Wildman–Crippen LogP) is -0.500. The maximum Gasteiger partial charge on any atom is 0.414 e. The molecule has 2 fully saturated rings. The van der Waals surface area contributed by atoms with Gasteiger partial charge in [0.2, 0.25) is 0 Å². The molecule has 16 nitrogen and oxygen atoms in total. The zero-order valence-corrected chi connectivity index (χ0v) is 24.9. The molecule has 0 saturated carbocycles. The quantitative estimate of drug-likeness (QED) is 0.191. The zero-order chi connectivity index (χ0) is 34.2. The SMILES string of the molecule is O=C(O)C(=O)O.O=C(O)C(=O)O.O=C(O)C(=O)O.c1ccc2c(c1)CCN(C1CNC1)C2.c1ccc2c(c1)CCN(C1CNC1)C2. The lowest BCUT2D eigenvalue weighted by atomic mass is 9.97. The van der Waals surface area contributed by atoms with Gasteiger partial charge in [0.1, 0.15) is 0 Å². The van der Waals surface area contributed by atoms with Crippen molar-refractivity contribution in [1.82, 2.24) is 20.4 Å². The van der Waals surface area contributed by atoms with Crippen molar-refractivity contribution < 1.29 is 59.4 Å². The Morgan fingerprint density at radius 2 is 0.739 bits per heavy atom. The fourth-order valence-corrected chi connectivity index (χ4v) is 4.72. The summed E-state index contributed by atoms with van der Waals surface area (Å²) in [6.07, 6.45) is 2.46. The molecule has 2 saturated heterocycles. The first-order valence-corrected chi connectivity index (χ1v) is 14.2. The minimum Gasteiger partial charge on any atom is -0.473 e. The molecule has 0 spiro atoms. The van der Waals surface area contributed by atoms with Crippen LogP contribution in [0, 0.1) is 0 Å². The van der Waals surface area contributed by atoms with Crippen LogP contribution in [0.25, 0.3) is 0 Å². The Bertz CT molecular complexity index is 1220. The van der Waals surface area contributed by atoms with Crippen LogP contribution in [0.5, 0.6) is 0 Å². The maximum absolute atomic E-state index is 9.10. The van der Waals surface area contributed by atoms with E-state index < -0.39 is 35.8 Å². The summed E-state index contributed by atoms with van der Waals surface area (Å²) in [6, 6.07) is 19.3. The second kappa shape index (κ2) is 18.8. The van der Waals surface area contributed by atoms with E-state index in [0.29, 0.717) is 0 Å². The van der Waals surface area contributed by atoms with Gasteiger partial charge in [-0.25, -0.2) is 28.8 Å². The second-order valence-corrected chi connectivity index (χ2v) is 10.4. The number of benzene rings is 2. The number of carboxylic acids is 6. The number of carboxylic acid groups (broad SMARTS) is 6. The summed E-state index contributed by atoms with van der Waals surface area (Å²) in [5.74, 6) is -10.9. The average Bonchev–Trinajstić information content (AvgIpc) is 2.96. The zero-order valence-electron chi connectivity index (χ0n) is 24.9. The van der Waals surface area contributed by atoms with Crippen molar-refractivity contribution >= 4 is 35.8 Å². The molecule has 250 valence electrons. The Balaban J connectivity index is 0.000000215.